The van der Waals surface area contributed by atoms with Crippen LogP contribution in [0.3, 0.4) is 0 Å². The van der Waals surface area contributed by atoms with Crippen LogP contribution in [0.5, 0.6) is 0 Å². The predicted molar refractivity (Wildman–Crippen MR) is 52.4 cm³/mol. The zero-order valence-corrected chi connectivity index (χ0v) is 12.3. The van der Waals surface area contributed by atoms with Crippen molar-refractivity contribution in [3.05, 3.63) is 22.2 Å². The van der Waals surface area contributed by atoms with Crippen molar-refractivity contribution in [3.8, 4) is 0 Å². The van der Waals surface area contributed by atoms with E-state index in [0.717, 1.165) is 0 Å². The van der Waals surface area contributed by atoms with Gasteiger partial charge in [0.05, 0.1) is 19.8 Å². The SMILES string of the molecule is O=S(=O)([O-])c1cc(Cl)c(S(=O)(=O)[O-])cc1Cl.[Li+].[Li+]. The third-order valence-electron chi connectivity index (χ3n) is 1.53. The Labute approximate surface area is 138 Å². The first-order valence-electron chi connectivity index (χ1n) is 3.44. The summed E-state index contributed by atoms with van der Waals surface area (Å²) in [4.78, 5) is -1.77. The number of hydrogen-bond acceptors (Lipinski definition) is 6. The molecule has 1 aromatic rings. The fourth-order valence-electron chi connectivity index (χ4n) is 0.894. The minimum absolute atomic E-state index is 0. The quantitative estimate of drug-likeness (QED) is 0.398. The van der Waals surface area contributed by atoms with Crippen LogP contribution in [0.4, 0.5) is 0 Å². The van der Waals surface area contributed by atoms with Gasteiger partial charge in [-0.1, -0.05) is 23.2 Å². The zero-order valence-electron chi connectivity index (χ0n) is 9.18. The Morgan fingerprint density at radius 2 is 1.00 bits per heavy atom. The van der Waals surface area contributed by atoms with Crippen molar-refractivity contribution in [1.29, 1.82) is 0 Å². The van der Waals surface area contributed by atoms with Gasteiger partial charge in [-0.25, -0.2) is 16.8 Å². The molecule has 0 N–H and O–H groups in total. The summed E-state index contributed by atoms with van der Waals surface area (Å²) >= 11 is 10.7. The van der Waals surface area contributed by atoms with Crippen molar-refractivity contribution in [1.82, 2.24) is 0 Å². The van der Waals surface area contributed by atoms with Gasteiger partial charge in [0.25, 0.3) is 0 Å². The van der Waals surface area contributed by atoms with Crippen molar-refractivity contribution >= 4 is 43.4 Å². The van der Waals surface area contributed by atoms with Crippen LogP contribution < -0.4 is 37.7 Å². The minimum Gasteiger partial charge on any atom is -0.744 e. The topological polar surface area (TPSA) is 114 Å². The number of rotatable bonds is 2. The molecule has 0 fully saturated rings. The summed E-state index contributed by atoms with van der Waals surface area (Å²) in [6.45, 7) is 0. The Balaban J connectivity index is 0. The normalized spacial score (nSPS) is 11.3. The van der Waals surface area contributed by atoms with Crippen LogP contribution in [0.1, 0.15) is 0 Å². The molecule has 0 aromatic heterocycles. The molecule has 12 heteroatoms. The summed E-state index contributed by atoms with van der Waals surface area (Å²) in [6, 6.07) is 1.05. The summed E-state index contributed by atoms with van der Waals surface area (Å²) in [5.41, 5.74) is 0. The smallest absolute Gasteiger partial charge is 0.744 e. The van der Waals surface area contributed by atoms with Gasteiger partial charge >= 0.3 is 37.7 Å². The van der Waals surface area contributed by atoms with E-state index in [1.807, 2.05) is 0 Å². The van der Waals surface area contributed by atoms with E-state index in [0.29, 0.717) is 12.1 Å². The maximum Gasteiger partial charge on any atom is 1.00 e. The van der Waals surface area contributed by atoms with Crippen molar-refractivity contribution < 1.29 is 63.7 Å². The third kappa shape index (κ3) is 5.07. The van der Waals surface area contributed by atoms with Gasteiger partial charge in [0.15, 0.2) is 0 Å². The second-order valence-electron chi connectivity index (χ2n) is 2.62. The van der Waals surface area contributed by atoms with Gasteiger partial charge < -0.3 is 9.11 Å². The molecule has 0 saturated carbocycles. The van der Waals surface area contributed by atoms with Gasteiger partial charge in [0.2, 0.25) is 0 Å². The Hall–Kier alpha value is 0.815. The van der Waals surface area contributed by atoms with E-state index in [9.17, 15) is 25.9 Å². The standard InChI is InChI=1S/C6H4Cl2O6S2.2Li/c7-3-1-5(15(9,10)11)4(8)2-6(3)16(12,13)14;;/h1-2H,(H,9,10,11)(H,12,13,14);;/q;2*+1/p-2. The third-order valence-corrected chi connectivity index (χ3v) is 4.13. The van der Waals surface area contributed by atoms with E-state index in [4.69, 9.17) is 23.2 Å². The average molecular weight is 319 g/mol. The van der Waals surface area contributed by atoms with Crippen molar-refractivity contribution in [2.45, 2.75) is 9.79 Å². The van der Waals surface area contributed by atoms with Crippen LogP contribution in [-0.2, 0) is 20.2 Å². The molecule has 0 saturated heterocycles. The summed E-state index contributed by atoms with van der Waals surface area (Å²) in [5.74, 6) is 0. The Morgan fingerprint density at radius 1 is 0.778 bits per heavy atom. The van der Waals surface area contributed by atoms with E-state index in [-0.39, 0.29) is 37.7 Å². The van der Waals surface area contributed by atoms with Crippen LogP contribution in [0, 0.1) is 0 Å². The molecule has 6 nitrogen and oxygen atoms in total. The van der Waals surface area contributed by atoms with Gasteiger partial charge in [-0.05, 0) is 12.1 Å². The molecule has 1 aromatic carbocycles. The van der Waals surface area contributed by atoms with Crippen molar-refractivity contribution in [2.75, 3.05) is 0 Å². The number of benzene rings is 1. The van der Waals surface area contributed by atoms with E-state index < -0.39 is 40.1 Å². The number of halogens is 2. The first-order valence-corrected chi connectivity index (χ1v) is 7.01. The molecule has 0 spiro atoms. The van der Waals surface area contributed by atoms with Crippen LogP contribution >= 0.6 is 23.2 Å². The molecule has 0 bridgehead atoms. The van der Waals surface area contributed by atoms with Crippen molar-refractivity contribution in [2.24, 2.45) is 0 Å². The summed E-state index contributed by atoms with van der Waals surface area (Å²) < 4.78 is 63.8. The Kier molecular flexibility index (Phi) is 8.22. The number of hydrogen-bond donors (Lipinski definition) is 0. The molecule has 0 aliphatic rings. The molecule has 18 heavy (non-hydrogen) atoms. The first-order chi connectivity index (χ1) is 7.03. The zero-order chi connectivity index (χ0) is 12.7. The van der Waals surface area contributed by atoms with E-state index in [1.165, 1.54) is 0 Å². The fourth-order valence-corrected chi connectivity index (χ4v) is 3.04. The second-order valence-corrected chi connectivity index (χ2v) is 6.13. The molecular weight excluding hydrogens is 317 g/mol. The van der Waals surface area contributed by atoms with E-state index in [1.54, 1.807) is 0 Å². The predicted octanol–water partition coefficient (Wildman–Crippen LogP) is -5.19. The summed E-state index contributed by atoms with van der Waals surface area (Å²) in [7, 11) is -9.76. The van der Waals surface area contributed by atoms with Crippen LogP contribution in [0.2, 0.25) is 10.0 Å². The molecule has 1 rings (SSSR count). The molecular formula is C6H2Cl2Li2O6S2. The minimum atomic E-state index is -4.88. The second kappa shape index (κ2) is 7.01. The average Bonchev–Trinajstić information content (AvgIpc) is 2.04. The largest absolute Gasteiger partial charge is 1.00 e. The monoisotopic (exact) mass is 318 g/mol. The van der Waals surface area contributed by atoms with Crippen LogP contribution in [0.25, 0.3) is 0 Å². The molecule has 90 valence electrons. The summed E-state index contributed by atoms with van der Waals surface area (Å²) in [5, 5.41) is -1.34. The Bertz CT molecular complexity index is 585. The van der Waals surface area contributed by atoms with Gasteiger partial charge in [-0.15, -0.1) is 0 Å². The van der Waals surface area contributed by atoms with Crippen LogP contribution in [-0.4, -0.2) is 25.9 Å². The maximum absolute atomic E-state index is 10.6. The first kappa shape index (κ1) is 21.1. The molecule has 0 heterocycles. The molecule has 0 aliphatic carbocycles. The summed E-state index contributed by atoms with van der Waals surface area (Å²) in [6.07, 6.45) is 0. The molecule has 0 aliphatic heterocycles. The van der Waals surface area contributed by atoms with Crippen LogP contribution in [0.15, 0.2) is 21.9 Å². The molecule has 0 atom stereocenters. The Morgan fingerprint density at radius 3 is 1.17 bits per heavy atom. The van der Waals surface area contributed by atoms with E-state index in [2.05, 4.69) is 0 Å². The molecule has 0 amide bonds. The van der Waals surface area contributed by atoms with Gasteiger partial charge in [-0.3, -0.25) is 0 Å². The maximum atomic E-state index is 10.6. The van der Waals surface area contributed by atoms with Gasteiger partial charge in [-0.2, -0.15) is 0 Å². The van der Waals surface area contributed by atoms with Gasteiger partial charge in [0, 0.05) is 0 Å². The van der Waals surface area contributed by atoms with Gasteiger partial charge in [0.1, 0.15) is 20.2 Å². The molecule has 0 unspecified atom stereocenters. The van der Waals surface area contributed by atoms with Crippen molar-refractivity contribution in [3.63, 3.8) is 0 Å². The fraction of sp³-hybridized carbons (Fsp3) is 0. The molecule has 0 radical (unpaired) electrons. The van der Waals surface area contributed by atoms with E-state index >= 15 is 0 Å².